The second-order valence-electron chi connectivity index (χ2n) is 7.56. The molecule has 1 aliphatic heterocycles. The van der Waals surface area contributed by atoms with Crippen LogP contribution in [0.4, 0.5) is 10.5 Å². The maximum Gasteiger partial charge on any atom is 0.410 e. The maximum absolute atomic E-state index is 12.5. The Balaban J connectivity index is 1.51. The Morgan fingerprint density at radius 2 is 1.82 bits per heavy atom. The summed E-state index contributed by atoms with van der Waals surface area (Å²) in [6.45, 7) is 6.33. The fourth-order valence-electron chi connectivity index (χ4n) is 2.76. The SMILES string of the molecule is CC(C)(C)OC(=O)N1CC[C@H](C(=O)Nc2ccc(Oc3ncccn3)cc2)C1. The molecule has 3 rings (SSSR count). The van der Waals surface area contributed by atoms with Crippen LogP contribution in [0.15, 0.2) is 42.7 Å². The van der Waals surface area contributed by atoms with E-state index in [0.29, 0.717) is 30.9 Å². The summed E-state index contributed by atoms with van der Waals surface area (Å²) in [6.07, 6.45) is 3.42. The number of nitrogens with one attached hydrogen (secondary N) is 1. The van der Waals surface area contributed by atoms with Gasteiger partial charge in [0, 0.05) is 31.2 Å². The molecule has 2 heterocycles. The summed E-state index contributed by atoms with van der Waals surface area (Å²) in [5.41, 5.74) is 0.105. The van der Waals surface area contributed by atoms with Gasteiger partial charge >= 0.3 is 12.1 Å². The number of nitrogens with zero attached hydrogens (tertiary/aromatic N) is 3. The first kappa shape index (κ1) is 19.6. The highest BCUT2D eigenvalue weighted by molar-refractivity contribution is 5.93. The number of carbonyl (C=O) groups is 2. The standard InChI is InChI=1S/C20H24N4O4/c1-20(2,3)28-19(26)24-12-9-14(13-24)17(25)23-15-5-7-16(8-6-15)27-18-21-10-4-11-22-18/h4-8,10-11,14H,9,12-13H2,1-3H3,(H,23,25)/t14-/m0/s1. The average molecular weight is 384 g/mol. The number of ether oxygens (including phenoxy) is 2. The molecule has 8 heteroatoms. The number of anilines is 1. The minimum Gasteiger partial charge on any atom is -0.444 e. The van der Waals surface area contributed by atoms with Gasteiger partial charge in [-0.25, -0.2) is 14.8 Å². The van der Waals surface area contributed by atoms with Crippen LogP contribution in [0.2, 0.25) is 0 Å². The van der Waals surface area contributed by atoms with Gasteiger partial charge in [-0.05, 0) is 57.5 Å². The zero-order valence-corrected chi connectivity index (χ0v) is 16.2. The number of carbonyl (C=O) groups excluding carboxylic acids is 2. The predicted octanol–water partition coefficient (Wildman–Crippen LogP) is 3.46. The lowest BCUT2D eigenvalue weighted by Gasteiger charge is -2.24. The summed E-state index contributed by atoms with van der Waals surface area (Å²) < 4.78 is 10.9. The van der Waals surface area contributed by atoms with E-state index in [9.17, 15) is 9.59 Å². The van der Waals surface area contributed by atoms with E-state index in [0.717, 1.165) is 0 Å². The van der Waals surface area contributed by atoms with E-state index < -0.39 is 5.60 Å². The van der Waals surface area contributed by atoms with Crippen molar-refractivity contribution in [1.29, 1.82) is 0 Å². The molecule has 2 amide bonds. The summed E-state index contributed by atoms with van der Waals surface area (Å²) in [6, 6.07) is 8.92. The molecule has 0 radical (unpaired) electrons. The van der Waals surface area contributed by atoms with Gasteiger partial charge in [-0.2, -0.15) is 0 Å². The Morgan fingerprint density at radius 3 is 2.46 bits per heavy atom. The van der Waals surface area contributed by atoms with Crippen LogP contribution < -0.4 is 10.1 Å². The molecule has 8 nitrogen and oxygen atoms in total. The van der Waals surface area contributed by atoms with E-state index >= 15 is 0 Å². The zero-order valence-electron chi connectivity index (χ0n) is 16.2. The van der Waals surface area contributed by atoms with Crippen LogP contribution in [0.5, 0.6) is 11.8 Å². The second-order valence-corrected chi connectivity index (χ2v) is 7.56. The molecule has 28 heavy (non-hydrogen) atoms. The van der Waals surface area contributed by atoms with Gasteiger partial charge in [-0.3, -0.25) is 4.79 Å². The molecule has 2 aromatic rings. The van der Waals surface area contributed by atoms with E-state index in [4.69, 9.17) is 9.47 Å². The van der Waals surface area contributed by atoms with Crippen LogP contribution in [-0.4, -0.2) is 45.6 Å². The molecule has 1 aliphatic rings. The molecule has 0 spiro atoms. The van der Waals surface area contributed by atoms with Crippen molar-refractivity contribution in [3.63, 3.8) is 0 Å². The number of benzene rings is 1. The van der Waals surface area contributed by atoms with Gasteiger partial charge in [0.05, 0.1) is 5.92 Å². The number of likely N-dealkylation sites (tertiary alicyclic amines) is 1. The van der Waals surface area contributed by atoms with Crippen LogP contribution in [-0.2, 0) is 9.53 Å². The van der Waals surface area contributed by atoms with Crippen molar-refractivity contribution in [1.82, 2.24) is 14.9 Å². The van der Waals surface area contributed by atoms with Gasteiger partial charge in [0.25, 0.3) is 0 Å². The molecular formula is C20H24N4O4. The zero-order chi connectivity index (χ0) is 20.1. The highest BCUT2D eigenvalue weighted by atomic mass is 16.6. The number of amides is 2. The Bertz CT molecular complexity index is 818. The first-order chi connectivity index (χ1) is 13.3. The molecule has 1 atom stereocenters. The first-order valence-electron chi connectivity index (χ1n) is 9.14. The minimum atomic E-state index is -0.550. The van der Waals surface area contributed by atoms with E-state index in [2.05, 4.69) is 15.3 Å². The third kappa shape index (κ3) is 5.42. The van der Waals surface area contributed by atoms with Crippen molar-refractivity contribution in [2.75, 3.05) is 18.4 Å². The summed E-state index contributed by atoms with van der Waals surface area (Å²) in [4.78, 5) is 34.2. The Hall–Kier alpha value is -3.16. The topological polar surface area (TPSA) is 93.7 Å². The highest BCUT2D eigenvalue weighted by Gasteiger charge is 2.33. The van der Waals surface area contributed by atoms with Gasteiger partial charge in [0.15, 0.2) is 0 Å². The van der Waals surface area contributed by atoms with E-state index in [1.54, 1.807) is 47.6 Å². The lowest BCUT2D eigenvalue weighted by Crippen LogP contribution is -2.36. The monoisotopic (exact) mass is 384 g/mol. The van der Waals surface area contributed by atoms with Crippen molar-refractivity contribution < 1.29 is 19.1 Å². The molecule has 148 valence electrons. The lowest BCUT2D eigenvalue weighted by atomic mass is 10.1. The smallest absolute Gasteiger partial charge is 0.410 e. The molecule has 1 aromatic heterocycles. The summed E-state index contributed by atoms with van der Waals surface area (Å²) >= 11 is 0. The van der Waals surface area contributed by atoms with E-state index in [1.807, 2.05) is 20.8 Å². The van der Waals surface area contributed by atoms with Gasteiger partial charge in [-0.1, -0.05) is 0 Å². The quantitative estimate of drug-likeness (QED) is 0.868. The molecule has 1 fully saturated rings. The Morgan fingerprint density at radius 1 is 1.14 bits per heavy atom. The van der Waals surface area contributed by atoms with Crippen LogP contribution in [0, 0.1) is 5.92 Å². The molecule has 0 saturated carbocycles. The molecule has 1 aromatic carbocycles. The number of aromatic nitrogens is 2. The molecule has 0 aliphatic carbocycles. The number of hydrogen-bond donors (Lipinski definition) is 1. The van der Waals surface area contributed by atoms with Crippen LogP contribution in [0.3, 0.4) is 0 Å². The summed E-state index contributed by atoms with van der Waals surface area (Å²) in [7, 11) is 0. The average Bonchev–Trinajstić information content (AvgIpc) is 3.13. The van der Waals surface area contributed by atoms with Gasteiger partial charge in [0.1, 0.15) is 11.4 Å². The van der Waals surface area contributed by atoms with Crippen molar-refractivity contribution in [2.24, 2.45) is 5.92 Å². The summed E-state index contributed by atoms with van der Waals surface area (Å²) in [5, 5.41) is 2.88. The number of rotatable bonds is 4. The highest BCUT2D eigenvalue weighted by Crippen LogP contribution is 2.23. The molecular weight excluding hydrogens is 360 g/mol. The van der Waals surface area contributed by atoms with Crippen molar-refractivity contribution in [3.8, 4) is 11.8 Å². The molecule has 1 saturated heterocycles. The van der Waals surface area contributed by atoms with E-state index in [1.165, 1.54) is 0 Å². The van der Waals surface area contributed by atoms with Crippen molar-refractivity contribution >= 4 is 17.7 Å². The minimum absolute atomic E-state index is 0.119. The van der Waals surface area contributed by atoms with Gasteiger partial charge in [0.2, 0.25) is 5.91 Å². The molecule has 1 N–H and O–H groups in total. The predicted molar refractivity (Wildman–Crippen MR) is 103 cm³/mol. The van der Waals surface area contributed by atoms with Crippen LogP contribution in [0.25, 0.3) is 0 Å². The van der Waals surface area contributed by atoms with Crippen LogP contribution >= 0.6 is 0 Å². The second kappa shape index (κ2) is 8.24. The fourth-order valence-corrected chi connectivity index (χ4v) is 2.76. The van der Waals surface area contributed by atoms with Crippen LogP contribution in [0.1, 0.15) is 27.2 Å². The fraction of sp³-hybridized carbons (Fsp3) is 0.400. The first-order valence-corrected chi connectivity index (χ1v) is 9.14. The van der Waals surface area contributed by atoms with Crippen molar-refractivity contribution in [3.05, 3.63) is 42.7 Å². The largest absolute Gasteiger partial charge is 0.444 e. The van der Waals surface area contributed by atoms with Gasteiger partial charge in [-0.15, -0.1) is 0 Å². The van der Waals surface area contributed by atoms with Crippen molar-refractivity contribution in [2.45, 2.75) is 32.8 Å². The Kier molecular flexibility index (Phi) is 5.77. The van der Waals surface area contributed by atoms with E-state index in [-0.39, 0.29) is 23.9 Å². The van der Waals surface area contributed by atoms with Gasteiger partial charge < -0.3 is 19.7 Å². The molecule has 0 bridgehead atoms. The normalized spacial score (nSPS) is 16.5. The molecule has 0 unspecified atom stereocenters. The third-order valence-corrected chi connectivity index (χ3v) is 4.08. The third-order valence-electron chi connectivity index (χ3n) is 4.08. The maximum atomic E-state index is 12.5. The number of hydrogen-bond acceptors (Lipinski definition) is 6. The summed E-state index contributed by atoms with van der Waals surface area (Å²) in [5.74, 6) is 0.188. The Labute approximate surface area is 163 Å². The lowest BCUT2D eigenvalue weighted by molar-refractivity contribution is -0.119.